The van der Waals surface area contributed by atoms with Crippen molar-refractivity contribution in [1.29, 1.82) is 0 Å². The number of aryl methyl sites for hydroxylation is 3. The van der Waals surface area contributed by atoms with E-state index < -0.39 is 42.8 Å². The Morgan fingerprint density at radius 1 is 0.634 bits per heavy atom. The number of aliphatic carboxylic acids is 1. The molecule has 2 aliphatic heterocycles. The van der Waals surface area contributed by atoms with Crippen molar-refractivity contribution in [2.45, 2.75) is 52.6 Å². The molecule has 5 heterocycles. The molecule has 20 nitrogen and oxygen atoms in total. The molecule has 6 aromatic rings. The monoisotopic (exact) mass is 1010 g/mol. The Hall–Kier alpha value is -7.36. The maximum atomic E-state index is 12.7. The second kappa shape index (κ2) is 26.6. The Bertz CT molecular complexity index is 2760. The van der Waals surface area contributed by atoms with E-state index in [-0.39, 0.29) is 73.2 Å². The number of carboxylic acid groups (broad SMARTS) is 1. The summed E-state index contributed by atoms with van der Waals surface area (Å²) in [6.07, 6.45) is 11.6. The van der Waals surface area contributed by atoms with E-state index in [1.807, 2.05) is 39.0 Å². The van der Waals surface area contributed by atoms with Gasteiger partial charge in [0.15, 0.2) is 17.5 Å². The number of alkyl halides is 4. The zero-order valence-electron chi connectivity index (χ0n) is 39.1. The van der Waals surface area contributed by atoms with Crippen molar-refractivity contribution in [3.63, 3.8) is 0 Å². The van der Waals surface area contributed by atoms with Gasteiger partial charge in [-0.15, -0.1) is 27.7 Å². The average molecular weight is 1010 g/mol. The van der Waals surface area contributed by atoms with Gasteiger partial charge in [0.2, 0.25) is 5.91 Å². The molecule has 0 radical (unpaired) electrons. The van der Waals surface area contributed by atoms with Crippen LogP contribution in [0.2, 0.25) is 0 Å². The molecule has 0 bridgehead atoms. The zero-order valence-corrected chi connectivity index (χ0v) is 39.9. The molecule has 26 heteroatoms. The Balaban J connectivity index is 0.000000339. The molecule has 0 saturated carbocycles. The van der Waals surface area contributed by atoms with Crippen LogP contribution in [-0.4, -0.2) is 137 Å². The number of hydrogen-bond donors (Lipinski definition) is 5. The molecular weight excluding hydrogens is 957 g/mol. The number of carbonyl (C=O) groups excluding carboxylic acids is 2. The van der Waals surface area contributed by atoms with Crippen LogP contribution in [0.1, 0.15) is 30.5 Å². The number of rotatable bonds is 10. The molecule has 0 atom stereocenters. The molecule has 2 aliphatic rings. The number of phenols is 3. The van der Waals surface area contributed by atoms with Gasteiger partial charge in [-0.3, -0.25) is 4.79 Å². The number of esters is 1. The van der Waals surface area contributed by atoms with Gasteiger partial charge in [0.25, 0.3) is 11.8 Å². The summed E-state index contributed by atoms with van der Waals surface area (Å²) in [5, 5.41) is 52.0. The third kappa shape index (κ3) is 19.5. The van der Waals surface area contributed by atoms with Gasteiger partial charge in [-0.05, 0) is 106 Å². The molecule has 6 N–H and O–H groups in total. The Morgan fingerprint density at radius 2 is 0.986 bits per heavy atom. The van der Waals surface area contributed by atoms with E-state index in [1.165, 1.54) is 69.8 Å². The first-order valence-electron chi connectivity index (χ1n) is 20.4. The molecule has 0 unspecified atom stereocenters. The first kappa shape index (κ1) is 59.8. The minimum absolute atomic E-state index is 0. The van der Waals surface area contributed by atoms with Crippen LogP contribution in [0.15, 0.2) is 91.8 Å². The van der Waals surface area contributed by atoms with Gasteiger partial charge in [0, 0.05) is 53.5 Å². The fourth-order valence-electron chi connectivity index (χ4n) is 5.89. The predicted molar refractivity (Wildman–Crippen MR) is 249 cm³/mol. The van der Waals surface area contributed by atoms with E-state index in [0.29, 0.717) is 34.2 Å². The molecule has 2 fully saturated rings. The third-order valence-electron chi connectivity index (χ3n) is 8.86. The van der Waals surface area contributed by atoms with Gasteiger partial charge in [-0.25, -0.2) is 56.1 Å². The van der Waals surface area contributed by atoms with E-state index in [0.717, 1.165) is 27.7 Å². The number of aromatic hydroxyl groups is 3. The van der Waals surface area contributed by atoms with E-state index in [1.54, 1.807) is 44.2 Å². The van der Waals surface area contributed by atoms with E-state index in [9.17, 15) is 47.3 Å². The van der Waals surface area contributed by atoms with Crippen LogP contribution in [0.5, 0.6) is 17.2 Å². The summed E-state index contributed by atoms with van der Waals surface area (Å²) in [4.78, 5) is 46.7. The number of nitrogens with zero attached hydrogens (tertiary/aromatic N) is 10. The summed E-state index contributed by atoms with van der Waals surface area (Å²) in [6.45, 7) is 7.75. The van der Waals surface area contributed by atoms with Gasteiger partial charge in [-0.2, -0.15) is 0 Å². The summed E-state index contributed by atoms with van der Waals surface area (Å²) in [5.74, 6) is -5.47. The average Bonchev–Trinajstić information content (AvgIpc) is 4.02. The number of halogens is 5. The summed E-state index contributed by atoms with van der Waals surface area (Å²) in [5.41, 5.74) is 4.70. The minimum Gasteiger partial charge on any atom is -0.870 e. The number of carbonyl (C=O) groups is 3. The van der Waals surface area contributed by atoms with Crippen molar-refractivity contribution in [3.8, 4) is 51.4 Å². The molecule has 0 spiro atoms. The molecule has 71 heavy (non-hydrogen) atoms. The van der Waals surface area contributed by atoms with Crippen LogP contribution in [0.4, 0.5) is 17.6 Å². The van der Waals surface area contributed by atoms with Crippen LogP contribution in [0.3, 0.4) is 0 Å². The van der Waals surface area contributed by atoms with Crippen molar-refractivity contribution >= 4 is 48.9 Å². The number of likely N-dealkylation sites (tertiary alicyclic amines) is 1. The van der Waals surface area contributed by atoms with Gasteiger partial charge in [0.05, 0.1) is 32.3 Å². The molecule has 1 amide bonds. The summed E-state index contributed by atoms with van der Waals surface area (Å²) < 4.78 is 57.3. The molecule has 3 aromatic carbocycles. The zero-order chi connectivity index (χ0) is 49.8. The van der Waals surface area contributed by atoms with E-state index >= 15 is 0 Å². The van der Waals surface area contributed by atoms with Crippen LogP contribution in [0.25, 0.3) is 52.8 Å². The molecule has 2 saturated heterocycles. The largest absolute Gasteiger partial charge is 1.00 e. The van der Waals surface area contributed by atoms with Crippen LogP contribution in [-0.2, 0) is 19.1 Å². The van der Waals surface area contributed by atoms with E-state index in [2.05, 4.69) is 35.6 Å². The summed E-state index contributed by atoms with van der Waals surface area (Å²) in [7, 11) is 0. The standard InChI is InChI=1S/C15H14F2N4O2.C15H17N3O3.C12H11N3O3.C3H5F2N.ClH.Li.H2O/c1-10-4-11(6-12(22)5-10)14-18-9-21(19-14)3-2-13(23)20-7-15(16,17)8-20;1-10(2)21-14(20)4-5-18-9-16-15(17-18)12-6-11(3)7-13(19)8-12;1-8-4-9(6-10(16)5-8)12-13-7-15(14-12)3-2-11(17)18;4-3(5)1-6-2-3;;;/h2-6,9,22H,7-8H2,1H3;4-10,19H,1-3H3;2-7,16H,1H3,(H,17,18);6H,1-2H2;1H;;1H2/q;;;;;+1;/p-1/b3-2-;5-4-;3-2-;;;;. The van der Waals surface area contributed by atoms with Crippen molar-refractivity contribution in [2.24, 2.45) is 0 Å². The number of carboxylic acids is 1. The smallest absolute Gasteiger partial charge is 0.870 e. The van der Waals surface area contributed by atoms with Gasteiger partial charge in [0.1, 0.15) is 36.2 Å². The Kier molecular flexibility index (Phi) is 22.4. The van der Waals surface area contributed by atoms with Crippen LogP contribution >= 0.6 is 12.4 Å². The topological polar surface area (TPSA) is 279 Å². The van der Waals surface area contributed by atoms with Crippen LogP contribution < -0.4 is 24.2 Å². The van der Waals surface area contributed by atoms with Gasteiger partial charge >= 0.3 is 30.8 Å². The van der Waals surface area contributed by atoms with E-state index in [4.69, 9.17) is 9.84 Å². The first-order chi connectivity index (χ1) is 32.0. The normalized spacial score (nSPS) is 13.9. The number of aromatic nitrogens is 9. The number of benzene rings is 3. The number of amides is 1. The Labute approximate surface area is 421 Å². The van der Waals surface area contributed by atoms with Gasteiger partial charge < -0.3 is 40.9 Å². The number of hydrogen-bond acceptors (Lipinski definition) is 15. The third-order valence-corrected chi connectivity index (χ3v) is 8.86. The molecule has 3 aromatic heterocycles. The summed E-state index contributed by atoms with van der Waals surface area (Å²) >= 11 is 0. The molecule has 0 aliphatic carbocycles. The number of ether oxygens (including phenoxy) is 1. The second-order valence-electron chi connectivity index (χ2n) is 15.6. The van der Waals surface area contributed by atoms with Crippen molar-refractivity contribution in [2.75, 3.05) is 26.2 Å². The quantitative estimate of drug-likeness (QED) is 0.0570. The van der Waals surface area contributed by atoms with Gasteiger partial charge in [-0.1, -0.05) is 0 Å². The molecule has 8 rings (SSSR count). The molecule has 374 valence electrons. The van der Waals surface area contributed by atoms with Crippen LogP contribution in [0, 0.1) is 20.8 Å². The fourth-order valence-corrected chi connectivity index (χ4v) is 5.89. The maximum absolute atomic E-state index is 12.7. The second-order valence-corrected chi connectivity index (χ2v) is 15.6. The minimum atomic E-state index is -2.78. The predicted octanol–water partition coefficient (Wildman–Crippen LogP) is 3.28. The number of nitrogens with one attached hydrogen (secondary N) is 1. The maximum Gasteiger partial charge on any atom is 1.00 e. The fraction of sp³-hybridized carbons (Fsp3) is 0.267. The summed E-state index contributed by atoms with van der Waals surface area (Å²) in [6, 6.07) is 15.1. The van der Waals surface area contributed by atoms with Crippen molar-refractivity contribution in [3.05, 3.63) is 108 Å². The number of phenolic OH excluding ortho intramolecular Hbond substituents is 3. The SMILES string of the molecule is Cc1cc(O)cc(-c2ncn(/C=C\C(=O)N3CC(F)(F)C3)n2)c1.Cc1cc(O)cc(-c2ncn(/C=C\C(=O)O)n2)c1.Cc1cc(O)cc(-c2ncn(/C=C\C(=O)OC(C)C)n2)c1.Cl.FC1(F)CNC1.[Li+].[OH-]. The van der Waals surface area contributed by atoms with Crippen molar-refractivity contribution in [1.82, 2.24) is 54.5 Å². The first-order valence-corrected chi connectivity index (χ1v) is 20.4. The molecular formula is C45H49ClF4LiN11O9. The Morgan fingerprint density at radius 3 is 1.28 bits per heavy atom. The van der Waals surface area contributed by atoms with Crippen molar-refractivity contribution < 1.29 is 81.4 Å².